The topological polar surface area (TPSA) is 55.0 Å². The van der Waals surface area contributed by atoms with Gasteiger partial charge in [-0.25, -0.2) is 9.78 Å². The maximum absolute atomic E-state index is 13.6. The summed E-state index contributed by atoms with van der Waals surface area (Å²) in [7, 11) is 0.993. The molecule has 0 saturated carbocycles. The van der Waals surface area contributed by atoms with Crippen LogP contribution >= 0.6 is 11.3 Å². The number of carbonyl (C=O) groups is 1. The van der Waals surface area contributed by atoms with Crippen LogP contribution < -0.4 is 0 Å². The number of ether oxygens (including phenoxy) is 1. The number of nitrogens with one attached hydrogen (secondary N) is 1. The summed E-state index contributed by atoms with van der Waals surface area (Å²) in [6.07, 6.45) is -6.48. The molecular weight excluding hydrogens is 357 g/mol. The van der Waals surface area contributed by atoms with E-state index in [4.69, 9.17) is 0 Å². The van der Waals surface area contributed by atoms with E-state index in [-0.39, 0.29) is 20.8 Å². The van der Waals surface area contributed by atoms with Crippen molar-refractivity contribution in [2.24, 2.45) is 0 Å². The lowest BCUT2D eigenvalue weighted by Crippen LogP contribution is -2.50. The number of imidazole rings is 1. The number of esters is 1. The Balaban J connectivity index is 2.63. The normalized spacial score (nSPS) is 13.6. The Morgan fingerprint density at radius 2 is 1.74 bits per heavy atom. The third-order valence-electron chi connectivity index (χ3n) is 2.94. The smallest absolute Gasteiger partial charge is 0.460 e. The molecular formula is C11H7F7N2O2S. The molecule has 0 radical (unpaired) electrons. The second kappa shape index (κ2) is 5.08. The number of fused-ring (bicyclic) bond motifs is 1. The van der Waals surface area contributed by atoms with Crippen molar-refractivity contribution in [2.75, 3.05) is 7.11 Å². The number of alkyl halides is 7. The van der Waals surface area contributed by atoms with Crippen molar-refractivity contribution in [1.82, 2.24) is 9.97 Å². The fraction of sp³-hybridized carbons (Fsp3) is 0.455. The molecule has 128 valence electrons. The first-order valence-electron chi connectivity index (χ1n) is 5.74. The van der Waals surface area contributed by atoms with Gasteiger partial charge < -0.3 is 9.72 Å². The minimum absolute atomic E-state index is 0.175. The number of carbonyl (C=O) groups excluding carboxylic acids is 1. The molecule has 0 spiro atoms. The Labute approximate surface area is 127 Å². The summed E-state index contributed by atoms with van der Waals surface area (Å²) in [6.45, 7) is 1.34. The number of aromatic nitrogens is 2. The van der Waals surface area contributed by atoms with E-state index in [1.807, 2.05) is 0 Å². The molecule has 2 aromatic heterocycles. The average Bonchev–Trinajstić information content (AvgIpc) is 2.98. The van der Waals surface area contributed by atoms with Gasteiger partial charge in [0.1, 0.15) is 10.4 Å². The summed E-state index contributed by atoms with van der Waals surface area (Å²) < 4.78 is 94.3. The lowest BCUT2D eigenvalue weighted by Gasteiger charge is -2.26. The second-order valence-electron chi connectivity index (χ2n) is 4.43. The summed E-state index contributed by atoms with van der Waals surface area (Å²) in [4.78, 5) is 16.2. The van der Waals surface area contributed by atoms with Gasteiger partial charge in [-0.15, -0.1) is 11.3 Å². The molecule has 0 bridgehead atoms. The highest BCUT2D eigenvalue weighted by Crippen LogP contribution is 2.51. The Morgan fingerprint density at radius 3 is 2.22 bits per heavy atom. The van der Waals surface area contributed by atoms with E-state index in [0.29, 0.717) is 0 Å². The highest BCUT2D eigenvalue weighted by atomic mass is 32.1. The number of nitrogens with zero attached hydrogens (tertiary/aromatic N) is 1. The van der Waals surface area contributed by atoms with Gasteiger partial charge in [0.15, 0.2) is 5.82 Å². The van der Waals surface area contributed by atoms with Crippen LogP contribution in [0.5, 0.6) is 0 Å². The largest absolute Gasteiger partial charge is 0.465 e. The molecule has 0 fully saturated rings. The third-order valence-corrected chi connectivity index (χ3v) is 4.01. The van der Waals surface area contributed by atoms with Gasteiger partial charge in [-0.3, -0.25) is 0 Å². The van der Waals surface area contributed by atoms with Gasteiger partial charge >= 0.3 is 24.0 Å². The molecule has 2 aromatic rings. The van der Waals surface area contributed by atoms with E-state index in [0.717, 1.165) is 18.4 Å². The van der Waals surface area contributed by atoms with E-state index >= 15 is 0 Å². The van der Waals surface area contributed by atoms with Crippen molar-refractivity contribution in [3.05, 3.63) is 15.6 Å². The van der Waals surface area contributed by atoms with Gasteiger partial charge in [-0.1, -0.05) is 0 Å². The number of halogens is 7. The van der Waals surface area contributed by atoms with Crippen molar-refractivity contribution in [3.8, 4) is 0 Å². The first-order valence-corrected chi connectivity index (χ1v) is 6.56. The van der Waals surface area contributed by atoms with Crippen molar-refractivity contribution >= 4 is 28.3 Å². The first-order chi connectivity index (χ1) is 10.3. The summed E-state index contributed by atoms with van der Waals surface area (Å²) in [5.41, 5.74) is -0.685. The predicted molar refractivity (Wildman–Crippen MR) is 64.9 cm³/mol. The van der Waals surface area contributed by atoms with Crippen LogP contribution in [0.1, 0.15) is 20.4 Å². The number of thiophene rings is 1. The van der Waals surface area contributed by atoms with Gasteiger partial charge in [-0.05, 0) is 6.92 Å². The Kier molecular flexibility index (Phi) is 3.86. The highest BCUT2D eigenvalue weighted by Gasteiger charge is 2.75. The number of aryl methyl sites for hydroxylation is 1. The minimum Gasteiger partial charge on any atom is -0.465 e. The number of hydrogen-bond donors (Lipinski definition) is 1. The molecule has 0 saturated heterocycles. The summed E-state index contributed by atoms with van der Waals surface area (Å²) in [6, 6.07) is 0. The van der Waals surface area contributed by atoms with Crippen molar-refractivity contribution in [3.63, 3.8) is 0 Å². The lowest BCUT2D eigenvalue weighted by atomic mass is 10.1. The van der Waals surface area contributed by atoms with Crippen molar-refractivity contribution in [1.29, 1.82) is 0 Å². The lowest BCUT2D eigenvalue weighted by molar-refractivity contribution is -0.361. The quantitative estimate of drug-likeness (QED) is 0.661. The highest BCUT2D eigenvalue weighted by molar-refractivity contribution is 7.15. The van der Waals surface area contributed by atoms with Gasteiger partial charge in [0, 0.05) is 4.88 Å². The average molecular weight is 364 g/mol. The molecule has 23 heavy (non-hydrogen) atoms. The van der Waals surface area contributed by atoms with Crippen molar-refractivity contribution < 1.29 is 40.3 Å². The van der Waals surface area contributed by atoms with E-state index in [9.17, 15) is 35.5 Å². The van der Waals surface area contributed by atoms with Crippen LogP contribution in [-0.4, -0.2) is 35.1 Å². The number of H-pyrrole nitrogens is 1. The number of methoxy groups -OCH3 is 1. The monoisotopic (exact) mass is 364 g/mol. The summed E-state index contributed by atoms with van der Waals surface area (Å²) in [5, 5.41) is 0. The SMILES string of the molecule is COC(=O)c1sc(C)c2nc(C(F)(F)C(F)(F)C(F)(F)F)[nH]c12. The number of hydrogen-bond acceptors (Lipinski definition) is 4. The molecule has 0 aliphatic carbocycles. The predicted octanol–water partition coefficient (Wildman–Crippen LogP) is 4.01. The molecule has 0 aliphatic rings. The Bertz CT molecular complexity index is 762. The third kappa shape index (κ3) is 2.44. The van der Waals surface area contributed by atoms with Crippen LogP contribution in [0.25, 0.3) is 11.0 Å². The van der Waals surface area contributed by atoms with Crippen molar-refractivity contribution in [2.45, 2.75) is 24.9 Å². The van der Waals surface area contributed by atoms with Crippen LogP contribution in [0, 0.1) is 6.92 Å². The van der Waals surface area contributed by atoms with Crippen LogP contribution in [0.4, 0.5) is 30.7 Å². The first kappa shape index (κ1) is 17.5. The van der Waals surface area contributed by atoms with Gasteiger partial charge in [-0.2, -0.15) is 30.7 Å². The molecule has 0 aliphatic heterocycles. The van der Waals surface area contributed by atoms with Crippen LogP contribution in [0.15, 0.2) is 0 Å². The summed E-state index contributed by atoms with van der Waals surface area (Å²) >= 11 is 0.776. The molecule has 4 nitrogen and oxygen atoms in total. The van der Waals surface area contributed by atoms with E-state index in [1.165, 1.54) is 6.92 Å². The van der Waals surface area contributed by atoms with Gasteiger partial charge in [0.05, 0.1) is 12.6 Å². The second-order valence-corrected chi connectivity index (χ2v) is 5.66. The molecule has 2 rings (SSSR count). The van der Waals surface area contributed by atoms with Crippen LogP contribution in [-0.2, 0) is 10.7 Å². The van der Waals surface area contributed by atoms with Crippen LogP contribution in [0.2, 0.25) is 0 Å². The fourth-order valence-corrected chi connectivity index (χ4v) is 2.72. The summed E-state index contributed by atoms with van der Waals surface area (Å²) in [5.74, 6) is -14.8. The number of rotatable bonds is 3. The number of aromatic amines is 1. The fourth-order valence-electron chi connectivity index (χ4n) is 1.76. The van der Waals surface area contributed by atoms with Crippen LogP contribution in [0.3, 0.4) is 0 Å². The molecule has 0 unspecified atom stereocenters. The standard InChI is InChI=1S/C11H7F7N2O2S/c1-3-4-5(6(23-3)7(21)22-2)20-8(19-4)9(12,13)10(14,15)11(16,17)18/h1-2H3,(H,19,20). The maximum atomic E-state index is 13.6. The zero-order valence-corrected chi connectivity index (χ0v) is 12.1. The molecule has 0 atom stereocenters. The van der Waals surface area contributed by atoms with E-state index in [2.05, 4.69) is 9.72 Å². The van der Waals surface area contributed by atoms with Gasteiger partial charge in [0.2, 0.25) is 0 Å². The molecule has 1 N–H and O–H groups in total. The van der Waals surface area contributed by atoms with E-state index < -0.39 is 29.8 Å². The van der Waals surface area contributed by atoms with Gasteiger partial charge in [0.25, 0.3) is 0 Å². The minimum atomic E-state index is -6.48. The molecule has 0 amide bonds. The maximum Gasteiger partial charge on any atom is 0.460 e. The molecule has 12 heteroatoms. The Hall–Kier alpha value is -1.85. The molecule has 2 heterocycles. The zero-order chi connectivity index (χ0) is 17.8. The van der Waals surface area contributed by atoms with E-state index in [1.54, 1.807) is 4.98 Å². The zero-order valence-electron chi connectivity index (χ0n) is 11.3. The Morgan fingerprint density at radius 1 is 1.17 bits per heavy atom. The molecule has 0 aromatic carbocycles.